The Morgan fingerprint density at radius 3 is 2.73 bits per heavy atom. The Bertz CT molecular complexity index is 454. The molecule has 0 aromatic carbocycles. The second-order valence-corrected chi connectivity index (χ2v) is 5.99. The number of hydrogen-bond acceptors (Lipinski definition) is 5. The van der Waals surface area contributed by atoms with Gasteiger partial charge >= 0.3 is 0 Å². The number of ether oxygens (including phenoxy) is 2. The van der Waals surface area contributed by atoms with E-state index in [1.807, 2.05) is 6.08 Å². The molecule has 3 rings (SSSR count). The third-order valence-electron chi connectivity index (χ3n) is 4.06. The second-order valence-electron chi connectivity index (χ2n) is 5.99. The molecule has 0 radical (unpaired) electrons. The van der Waals surface area contributed by atoms with Crippen molar-refractivity contribution < 1.29 is 14.3 Å². The average Bonchev–Trinajstić information content (AvgIpc) is 3.39. The number of rotatable bonds is 8. The highest BCUT2D eigenvalue weighted by molar-refractivity contribution is 5.15. The van der Waals surface area contributed by atoms with Gasteiger partial charge in [0.05, 0.1) is 25.1 Å². The van der Waals surface area contributed by atoms with Gasteiger partial charge in [0, 0.05) is 18.9 Å². The summed E-state index contributed by atoms with van der Waals surface area (Å²) in [5.41, 5.74) is 0. The van der Waals surface area contributed by atoms with E-state index in [1.54, 1.807) is 0 Å². The lowest BCUT2D eigenvalue weighted by atomic mass is 10.0. The Hall–Kier alpha value is -1.14. The molecule has 0 aromatic heterocycles. The van der Waals surface area contributed by atoms with Gasteiger partial charge in [0.15, 0.2) is 0 Å². The van der Waals surface area contributed by atoms with Gasteiger partial charge < -0.3 is 19.5 Å². The van der Waals surface area contributed by atoms with Crippen LogP contribution in [0.5, 0.6) is 0 Å². The molecule has 5 nitrogen and oxygen atoms in total. The molecule has 122 valence electrons. The van der Waals surface area contributed by atoms with Crippen molar-refractivity contribution in [2.45, 2.75) is 57.1 Å². The quantitative estimate of drug-likeness (QED) is 0.507. The molecule has 0 amide bonds. The van der Waals surface area contributed by atoms with Crippen LogP contribution in [0, 0.1) is 5.21 Å². The highest BCUT2D eigenvalue weighted by atomic mass is 16.9. The number of nitrogens with zero attached hydrogens (tertiary/aromatic N) is 1. The van der Waals surface area contributed by atoms with E-state index in [-0.39, 0.29) is 12.1 Å². The fourth-order valence-electron chi connectivity index (χ4n) is 2.60. The zero-order valence-electron chi connectivity index (χ0n) is 12.9. The Labute approximate surface area is 131 Å². The number of hydrogen-bond donors (Lipinski definition) is 0. The van der Waals surface area contributed by atoms with Crippen molar-refractivity contribution in [2.24, 2.45) is 0 Å². The van der Waals surface area contributed by atoms with Crippen LogP contribution in [0.15, 0.2) is 35.8 Å². The van der Waals surface area contributed by atoms with Crippen molar-refractivity contribution in [1.82, 2.24) is 5.23 Å². The fraction of sp³-hybridized carbons (Fsp3) is 0.647. The Morgan fingerprint density at radius 2 is 2.05 bits per heavy atom. The Morgan fingerprint density at radius 1 is 1.14 bits per heavy atom. The molecular weight excluding hydrogens is 282 g/mol. The predicted molar refractivity (Wildman–Crippen MR) is 83.4 cm³/mol. The molecule has 1 atom stereocenters. The Balaban J connectivity index is 1.30. The number of allylic oxidation sites excluding steroid dienone is 5. The molecule has 0 N–H and O–H groups in total. The minimum Gasteiger partial charge on any atom is -0.762 e. The summed E-state index contributed by atoms with van der Waals surface area (Å²) in [6.07, 6.45) is 15.2. The summed E-state index contributed by atoms with van der Waals surface area (Å²) in [7, 11) is 0. The molecule has 3 aliphatic rings. The fourth-order valence-corrected chi connectivity index (χ4v) is 2.60. The smallest absolute Gasteiger partial charge is 0.104 e. The van der Waals surface area contributed by atoms with Gasteiger partial charge in [0.25, 0.3) is 0 Å². The Kier molecular flexibility index (Phi) is 5.67. The maximum Gasteiger partial charge on any atom is 0.104 e. The summed E-state index contributed by atoms with van der Waals surface area (Å²) in [4.78, 5) is 5.08. The summed E-state index contributed by atoms with van der Waals surface area (Å²) in [6, 6.07) is 0.0845. The van der Waals surface area contributed by atoms with E-state index in [9.17, 15) is 5.21 Å². The lowest BCUT2D eigenvalue weighted by Crippen LogP contribution is -2.24. The predicted octanol–water partition coefficient (Wildman–Crippen LogP) is 3.58. The normalized spacial score (nSPS) is 25.1. The summed E-state index contributed by atoms with van der Waals surface area (Å²) in [5.74, 6) is 2.11. The van der Waals surface area contributed by atoms with Gasteiger partial charge in [0.2, 0.25) is 0 Å². The topological polar surface area (TPSA) is 54.0 Å². The first-order valence-electron chi connectivity index (χ1n) is 8.25. The molecule has 0 heterocycles. The van der Waals surface area contributed by atoms with E-state index < -0.39 is 0 Å². The van der Waals surface area contributed by atoms with Gasteiger partial charge in [-0.15, -0.1) is 0 Å². The van der Waals surface area contributed by atoms with E-state index in [0.29, 0.717) is 13.2 Å². The van der Waals surface area contributed by atoms with E-state index in [4.69, 9.17) is 14.3 Å². The molecule has 0 aromatic rings. The van der Waals surface area contributed by atoms with Crippen molar-refractivity contribution in [1.29, 1.82) is 0 Å². The molecule has 0 aliphatic heterocycles. The van der Waals surface area contributed by atoms with Gasteiger partial charge in [-0.3, -0.25) is 5.23 Å². The van der Waals surface area contributed by atoms with E-state index in [2.05, 4.69) is 18.2 Å². The third-order valence-corrected chi connectivity index (χ3v) is 4.06. The van der Waals surface area contributed by atoms with Crippen molar-refractivity contribution in [3.63, 3.8) is 0 Å². The van der Waals surface area contributed by atoms with Gasteiger partial charge in [-0.2, -0.15) is 0 Å². The summed E-state index contributed by atoms with van der Waals surface area (Å²) >= 11 is 0. The van der Waals surface area contributed by atoms with Gasteiger partial charge in [-0.1, -0.05) is 12.2 Å². The van der Waals surface area contributed by atoms with E-state index in [1.165, 1.54) is 0 Å². The molecule has 5 heteroatoms. The largest absolute Gasteiger partial charge is 0.762 e. The molecule has 1 saturated carbocycles. The van der Waals surface area contributed by atoms with Crippen LogP contribution in [0.25, 0.3) is 0 Å². The zero-order chi connectivity index (χ0) is 15.2. The average molecular weight is 306 g/mol. The maximum atomic E-state index is 11.3. The van der Waals surface area contributed by atoms with Crippen LogP contribution in [0.2, 0.25) is 0 Å². The summed E-state index contributed by atoms with van der Waals surface area (Å²) in [6.45, 7) is 0.804. The highest BCUT2D eigenvalue weighted by Crippen LogP contribution is 2.27. The van der Waals surface area contributed by atoms with Crippen LogP contribution in [0.1, 0.15) is 44.9 Å². The standard InChI is InChI=1S/C17H24NO4/c19-18(14-6-7-14)21-13-12-20-15-8-10-17(11-9-15)22-16-4-2-1-3-5-16/h1-2,4,10,14-15H,3,5-9,11-13H2/q-1. The highest BCUT2D eigenvalue weighted by Gasteiger charge is 2.23. The maximum absolute atomic E-state index is 11.3. The van der Waals surface area contributed by atoms with Crippen LogP contribution in [-0.2, 0) is 14.3 Å². The monoisotopic (exact) mass is 306 g/mol. The molecule has 3 aliphatic carbocycles. The molecular formula is C17H24NO4-. The second kappa shape index (κ2) is 7.92. The number of hydroxylamine groups is 2. The van der Waals surface area contributed by atoms with Crippen LogP contribution < -0.4 is 0 Å². The molecule has 0 saturated heterocycles. The first-order valence-corrected chi connectivity index (χ1v) is 8.25. The van der Waals surface area contributed by atoms with Gasteiger partial charge in [0.1, 0.15) is 5.76 Å². The zero-order valence-corrected chi connectivity index (χ0v) is 12.9. The van der Waals surface area contributed by atoms with Crippen molar-refractivity contribution in [3.8, 4) is 0 Å². The molecule has 1 unspecified atom stereocenters. The van der Waals surface area contributed by atoms with Crippen molar-refractivity contribution >= 4 is 0 Å². The lowest BCUT2D eigenvalue weighted by molar-refractivity contribution is -0.146. The van der Waals surface area contributed by atoms with Crippen LogP contribution in [0.3, 0.4) is 0 Å². The van der Waals surface area contributed by atoms with Crippen LogP contribution >= 0.6 is 0 Å². The van der Waals surface area contributed by atoms with Crippen molar-refractivity contribution in [2.75, 3.05) is 13.2 Å². The van der Waals surface area contributed by atoms with Gasteiger partial charge in [-0.25, -0.2) is 0 Å². The third kappa shape index (κ3) is 4.95. The minimum absolute atomic E-state index is 0.0845. The van der Waals surface area contributed by atoms with Crippen LogP contribution in [-0.4, -0.2) is 30.6 Å². The van der Waals surface area contributed by atoms with E-state index in [0.717, 1.165) is 61.7 Å². The molecule has 0 spiro atoms. The van der Waals surface area contributed by atoms with Gasteiger partial charge in [-0.05, 0) is 44.3 Å². The van der Waals surface area contributed by atoms with E-state index >= 15 is 0 Å². The first kappa shape index (κ1) is 15.7. The van der Waals surface area contributed by atoms with Crippen molar-refractivity contribution in [3.05, 3.63) is 41.0 Å². The molecule has 1 fully saturated rings. The molecule has 0 bridgehead atoms. The summed E-state index contributed by atoms with van der Waals surface area (Å²) < 4.78 is 11.7. The molecule has 22 heavy (non-hydrogen) atoms. The first-order chi connectivity index (χ1) is 10.8. The minimum atomic E-state index is 0.0845. The SMILES string of the molecule is [O-]N(OCCOC1CC=C(OC2=CC=CCC2)CC1)C1CC1. The summed E-state index contributed by atoms with van der Waals surface area (Å²) in [5, 5.41) is 12.0. The van der Waals surface area contributed by atoms with Crippen LogP contribution in [0.4, 0.5) is 0 Å². The lowest BCUT2D eigenvalue weighted by Gasteiger charge is -2.27.